The monoisotopic (exact) mass is 359 g/mol. The molecule has 0 bridgehead atoms. The van der Waals surface area contributed by atoms with Crippen molar-refractivity contribution in [3.05, 3.63) is 50.8 Å². The first-order valence-corrected chi connectivity index (χ1v) is 8.24. The number of ether oxygens (including phenoxy) is 1. The molecular formula is C17H21N5O4. The normalized spacial score (nSPS) is 15.4. The fraction of sp³-hybridized carbons (Fsp3) is 0.412. The molecule has 0 spiro atoms. The molecule has 9 nitrogen and oxygen atoms in total. The molecule has 1 N–H and O–H groups in total. The summed E-state index contributed by atoms with van der Waals surface area (Å²) in [5.41, 5.74) is 0.208. The van der Waals surface area contributed by atoms with E-state index in [2.05, 4.69) is 10.3 Å². The number of rotatable bonds is 4. The van der Waals surface area contributed by atoms with Crippen molar-refractivity contribution in [2.24, 2.45) is 14.1 Å². The molecule has 1 amide bonds. The summed E-state index contributed by atoms with van der Waals surface area (Å²) in [7, 11) is 4.49. The van der Waals surface area contributed by atoms with Gasteiger partial charge in [0.15, 0.2) is 11.2 Å². The molecule has 1 unspecified atom stereocenters. The van der Waals surface area contributed by atoms with Gasteiger partial charge in [0.1, 0.15) is 11.8 Å². The molecule has 3 rings (SSSR count). The van der Waals surface area contributed by atoms with Crippen LogP contribution in [0.5, 0.6) is 0 Å². The number of carbonyl (C=O) groups is 1. The summed E-state index contributed by atoms with van der Waals surface area (Å²) in [6.07, 6.45) is 6.68. The van der Waals surface area contributed by atoms with Crippen LogP contribution >= 0.6 is 0 Å². The van der Waals surface area contributed by atoms with Gasteiger partial charge in [-0.3, -0.25) is 18.7 Å². The Labute approximate surface area is 149 Å². The third-order valence-corrected chi connectivity index (χ3v) is 4.59. The van der Waals surface area contributed by atoms with Crippen molar-refractivity contribution >= 4 is 17.1 Å². The van der Waals surface area contributed by atoms with Crippen LogP contribution in [0.15, 0.2) is 39.5 Å². The lowest BCUT2D eigenvalue weighted by atomic mass is 10.1. The van der Waals surface area contributed by atoms with E-state index in [-0.39, 0.29) is 17.1 Å². The maximum Gasteiger partial charge on any atom is 0.332 e. The maximum atomic E-state index is 12.7. The zero-order valence-corrected chi connectivity index (χ0v) is 15.1. The van der Waals surface area contributed by atoms with Crippen molar-refractivity contribution in [1.29, 1.82) is 0 Å². The van der Waals surface area contributed by atoms with Crippen LogP contribution < -0.4 is 16.6 Å². The Morgan fingerprint density at radius 1 is 1.31 bits per heavy atom. The minimum Gasteiger partial charge on any atom is -0.495 e. The Bertz CT molecular complexity index is 1050. The quantitative estimate of drug-likeness (QED) is 0.847. The fourth-order valence-electron chi connectivity index (χ4n) is 2.99. The topological polar surface area (TPSA) is 100 Å². The van der Waals surface area contributed by atoms with Crippen LogP contribution in [0.2, 0.25) is 0 Å². The molecule has 2 heterocycles. The zero-order valence-electron chi connectivity index (χ0n) is 15.1. The minimum absolute atomic E-state index is 0.210. The molecule has 0 radical (unpaired) electrons. The number of amides is 1. The Balaban J connectivity index is 2.01. The largest absolute Gasteiger partial charge is 0.495 e. The first-order chi connectivity index (χ1) is 12.4. The molecule has 2 aromatic heterocycles. The summed E-state index contributed by atoms with van der Waals surface area (Å²) in [6, 6.07) is -0.693. The number of aromatic nitrogens is 4. The lowest BCUT2D eigenvalue weighted by molar-refractivity contribution is -0.123. The van der Waals surface area contributed by atoms with Crippen LogP contribution in [0.3, 0.4) is 0 Å². The average Bonchev–Trinajstić information content (AvgIpc) is 3.09. The highest BCUT2D eigenvalue weighted by molar-refractivity contribution is 5.84. The van der Waals surface area contributed by atoms with Gasteiger partial charge in [-0.25, -0.2) is 9.78 Å². The highest BCUT2D eigenvalue weighted by atomic mass is 16.5. The average molecular weight is 359 g/mol. The van der Waals surface area contributed by atoms with E-state index < -0.39 is 17.3 Å². The van der Waals surface area contributed by atoms with Crippen LogP contribution in [0.1, 0.15) is 25.8 Å². The highest BCUT2D eigenvalue weighted by Gasteiger charge is 2.23. The SMILES string of the molecule is COC1=C(NC(=O)C(C)n2cnc3c2c(=O)n(C)c(=O)n3C)CCC=C1. The van der Waals surface area contributed by atoms with Crippen LogP contribution in [0.4, 0.5) is 0 Å². The number of aryl methyl sites for hydroxylation is 1. The molecule has 1 atom stereocenters. The predicted molar refractivity (Wildman–Crippen MR) is 95.5 cm³/mol. The summed E-state index contributed by atoms with van der Waals surface area (Å²) < 4.78 is 9.05. The summed E-state index contributed by atoms with van der Waals surface area (Å²) in [5, 5.41) is 2.87. The first kappa shape index (κ1) is 17.7. The Hall–Kier alpha value is -3.10. The van der Waals surface area contributed by atoms with E-state index in [1.807, 2.05) is 12.2 Å². The second-order valence-corrected chi connectivity index (χ2v) is 6.18. The van der Waals surface area contributed by atoms with E-state index in [0.29, 0.717) is 17.9 Å². The second-order valence-electron chi connectivity index (χ2n) is 6.18. The van der Waals surface area contributed by atoms with Gasteiger partial charge in [-0.2, -0.15) is 0 Å². The lowest BCUT2D eigenvalue weighted by Gasteiger charge is -2.19. The van der Waals surface area contributed by atoms with Crippen molar-refractivity contribution in [3.8, 4) is 0 Å². The van der Waals surface area contributed by atoms with Crippen molar-refractivity contribution in [3.63, 3.8) is 0 Å². The molecule has 0 fully saturated rings. The summed E-state index contributed by atoms with van der Waals surface area (Å²) in [6.45, 7) is 1.67. The standard InChI is InChI=1S/C17H21N5O4/c1-10(15(23)19-11-7-5-6-8-12(11)26-4)22-9-18-14-13(22)16(24)21(3)17(25)20(14)2/h6,8-10H,5,7H2,1-4H3,(H,19,23). The summed E-state index contributed by atoms with van der Waals surface area (Å²) >= 11 is 0. The highest BCUT2D eigenvalue weighted by Crippen LogP contribution is 2.19. The lowest BCUT2D eigenvalue weighted by Crippen LogP contribution is -2.38. The molecule has 1 aliphatic carbocycles. The van der Waals surface area contributed by atoms with Gasteiger partial charge < -0.3 is 14.6 Å². The van der Waals surface area contributed by atoms with Crippen molar-refractivity contribution in [1.82, 2.24) is 24.0 Å². The first-order valence-electron chi connectivity index (χ1n) is 8.24. The van der Waals surface area contributed by atoms with Gasteiger partial charge in [-0.15, -0.1) is 0 Å². The number of carbonyl (C=O) groups excluding carboxylic acids is 1. The van der Waals surface area contributed by atoms with Crippen molar-refractivity contribution < 1.29 is 9.53 Å². The zero-order chi connectivity index (χ0) is 19.0. The molecule has 2 aromatic rings. The number of fused-ring (bicyclic) bond motifs is 1. The molecule has 0 aromatic carbocycles. The van der Waals surface area contributed by atoms with Gasteiger partial charge >= 0.3 is 5.69 Å². The molecule has 26 heavy (non-hydrogen) atoms. The van der Waals surface area contributed by atoms with E-state index in [1.54, 1.807) is 14.0 Å². The Morgan fingerprint density at radius 3 is 2.73 bits per heavy atom. The van der Waals surface area contributed by atoms with E-state index in [1.165, 1.54) is 29.6 Å². The number of nitrogens with zero attached hydrogens (tertiary/aromatic N) is 4. The number of nitrogens with one attached hydrogen (secondary N) is 1. The second kappa shape index (κ2) is 6.66. The summed E-state index contributed by atoms with van der Waals surface area (Å²) in [5.74, 6) is 0.325. The number of imidazole rings is 1. The molecule has 0 saturated carbocycles. The van der Waals surface area contributed by atoms with Crippen LogP contribution in [0, 0.1) is 0 Å². The van der Waals surface area contributed by atoms with Gasteiger partial charge in [0, 0.05) is 14.1 Å². The third kappa shape index (κ3) is 2.75. The predicted octanol–water partition coefficient (Wildman–Crippen LogP) is 0.319. The molecule has 9 heteroatoms. The number of hydrogen-bond acceptors (Lipinski definition) is 5. The van der Waals surface area contributed by atoms with Crippen LogP contribution in [0.25, 0.3) is 11.2 Å². The van der Waals surface area contributed by atoms with Gasteiger partial charge in [-0.1, -0.05) is 6.08 Å². The van der Waals surface area contributed by atoms with Gasteiger partial charge in [0.2, 0.25) is 5.91 Å². The van der Waals surface area contributed by atoms with E-state index >= 15 is 0 Å². The smallest absolute Gasteiger partial charge is 0.332 e. The number of methoxy groups -OCH3 is 1. The summed E-state index contributed by atoms with van der Waals surface area (Å²) in [4.78, 5) is 41.4. The van der Waals surface area contributed by atoms with Crippen molar-refractivity contribution in [2.45, 2.75) is 25.8 Å². The molecule has 138 valence electrons. The van der Waals surface area contributed by atoms with Crippen molar-refractivity contribution in [2.75, 3.05) is 7.11 Å². The number of allylic oxidation sites excluding steroid dienone is 3. The number of hydrogen-bond donors (Lipinski definition) is 1. The molecule has 0 saturated heterocycles. The van der Waals surface area contributed by atoms with E-state index in [0.717, 1.165) is 11.0 Å². The van der Waals surface area contributed by atoms with Crippen LogP contribution in [-0.4, -0.2) is 31.7 Å². The molecular weight excluding hydrogens is 338 g/mol. The Morgan fingerprint density at radius 2 is 2.04 bits per heavy atom. The Kier molecular flexibility index (Phi) is 4.54. The third-order valence-electron chi connectivity index (χ3n) is 4.59. The minimum atomic E-state index is -0.693. The maximum absolute atomic E-state index is 12.7. The van der Waals surface area contributed by atoms with Crippen LogP contribution in [-0.2, 0) is 23.6 Å². The van der Waals surface area contributed by atoms with Gasteiger partial charge in [-0.05, 0) is 25.8 Å². The molecule has 0 aliphatic heterocycles. The molecule has 1 aliphatic rings. The van der Waals surface area contributed by atoms with E-state index in [4.69, 9.17) is 4.74 Å². The van der Waals surface area contributed by atoms with Gasteiger partial charge in [0.25, 0.3) is 5.56 Å². The van der Waals surface area contributed by atoms with E-state index in [9.17, 15) is 14.4 Å². The van der Waals surface area contributed by atoms with Gasteiger partial charge in [0.05, 0.1) is 19.1 Å². The fourth-order valence-corrected chi connectivity index (χ4v) is 2.99.